The smallest absolute Gasteiger partial charge is 0.393 e. The van der Waals surface area contributed by atoms with E-state index in [-0.39, 0.29) is 6.42 Å². The van der Waals surface area contributed by atoms with E-state index in [1.165, 1.54) is 0 Å². The van der Waals surface area contributed by atoms with E-state index in [9.17, 15) is 31.4 Å². The molecule has 0 aromatic carbocycles. The van der Waals surface area contributed by atoms with Crippen LogP contribution in [0.5, 0.6) is 0 Å². The third kappa shape index (κ3) is 2.13. The van der Waals surface area contributed by atoms with Gasteiger partial charge in [0.25, 0.3) is 6.17 Å². The van der Waals surface area contributed by atoms with Crippen molar-refractivity contribution in [3.05, 3.63) is 0 Å². The number of rotatable bonds is 2. The predicted molar refractivity (Wildman–Crippen MR) is 40.7 cm³/mol. The molecule has 1 rings (SSSR count). The maximum atomic E-state index is 13.1. The molecule has 0 bridgehead atoms. The first-order valence-electron chi connectivity index (χ1n) is 4.50. The summed E-state index contributed by atoms with van der Waals surface area (Å²) in [7, 11) is 0. The van der Waals surface area contributed by atoms with Crippen molar-refractivity contribution in [3.8, 4) is 0 Å². The number of aliphatic hydroxyl groups is 2. The molecule has 0 aromatic rings. The van der Waals surface area contributed by atoms with E-state index < -0.39 is 42.8 Å². The van der Waals surface area contributed by atoms with Crippen molar-refractivity contribution in [1.29, 1.82) is 0 Å². The lowest BCUT2D eigenvalue weighted by Crippen LogP contribution is -2.57. The lowest BCUT2D eigenvalue weighted by molar-refractivity contribution is -0.292. The lowest BCUT2D eigenvalue weighted by atomic mass is 9.90. The van der Waals surface area contributed by atoms with Crippen LogP contribution in [-0.2, 0) is 0 Å². The van der Waals surface area contributed by atoms with E-state index in [4.69, 9.17) is 5.11 Å². The summed E-state index contributed by atoms with van der Waals surface area (Å²) >= 11 is 0. The Bertz CT molecular complexity index is 266. The molecule has 0 amide bonds. The summed E-state index contributed by atoms with van der Waals surface area (Å²) in [6.07, 6.45) is -13.5. The number of aliphatic hydroxyl groups excluding tert-OH is 1. The number of hydrogen-bond acceptors (Lipinski definition) is 2. The minimum absolute atomic E-state index is 0.281. The third-order valence-electron chi connectivity index (χ3n) is 2.69. The summed E-state index contributed by atoms with van der Waals surface area (Å²) in [6, 6.07) is 0. The zero-order chi connectivity index (χ0) is 12.8. The second-order valence-corrected chi connectivity index (χ2v) is 3.96. The first-order valence-corrected chi connectivity index (χ1v) is 4.50. The van der Waals surface area contributed by atoms with E-state index in [0.717, 1.165) is 0 Å². The van der Waals surface area contributed by atoms with Crippen LogP contribution in [0.4, 0.5) is 26.3 Å². The molecule has 1 aliphatic rings. The van der Waals surface area contributed by atoms with Crippen molar-refractivity contribution in [2.45, 2.75) is 49.2 Å². The molecule has 16 heavy (non-hydrogen) atoms. The first-order chi connectivity index (χ1) is 7.01. The molecule has 0 spiro atoms. The Labute approximate surface area is 86.9 Å². The van der Waals surface area contributed by atoms with E-state index in [1.807, 2.05) is 0 Å². The van der Waals surface area contributed by atoms with Crippen molar-refractivity contribution in [2.75, 3.05) is 0 Å². The Kier molecular flexibility index (Phi) is 3.19. The van der Waals surface area contributed by atoms with Gasteiger partial charge in [-0.25, -0.2) is 4.39 Å². The van der Waals surface area contributed by atoms with E-state index in [1.54, 1.807) is 0 Å². The maximum Gasteiger partial charge on any atom is 0.425 e. The normalized spacial score (nSPS) is 34.1. The standard InChI is InChI=1S/C8H10F6O2/c9-5(8(12,13)14)7(10,11)6(16)2-1-4(15)3-6/h4-5,15-16H,1-3H2. The van der Waals surface area contributed by atoms with Gasteiger partial charge < -0.3 is 10.2 Å². The van der Waals surface area contributed by atoms with Crippen LogP contribution in [-0.4, -0.2) is 40.2 Å². The lowest BCUT2D eigenvalue weighted by Gasteiger charge is -2.34. The van der Waals surface area contributed by atoms with Gasteiger partial charge in [-0.05, 0) is 12.8 Å². The van der Waals surface area contributed by atoms with Gasteiger partial charge in [0, 0.05) is 6.42 Å². The van der Waals surface area contributed by atoms with Gasteiger partial charge in [0.2, 0.25) is 0 Å². The highest BCUT2D eigenvalue weighted by atomic mass is 19.4. The fourth-order valence-corrected chi connectivity index (χ4v) is 1.74. The van der Waals surface area contributed by atoms with Crippen LogP contribution in [0.1, 0.15) is 19.3 Å². The highest BCUT2D eigenvalue weighted by Gasteiger charge is 2.68. The highest BCUT2D eigenvalue weighted by Crippen LogP contribution is 2.48. The Balaban J connectivity index is 2.93. The predicted octanol–water partition coefficient (Wildman–Crippen LogP) is 1.80. The molecule has 0 heterocycles. The largest absolute Gasteiger partial charge is 0.425 e. The van der Waals surface area contributed by atoms with Crippen LogP contribution in [0.2, 0.25) is 0 Å². The zero-order valence-electron chi connectivity index (χ0n) is 7.94. The van der Waals surface area contributed by atoms with Crippen LogP contribution in [0.25, 0.3) is 0 Å². The summed E-state index contributed by atoms with van der Waals surface area (Å²) in [5.41, 5.74) is -3.14. The van der Waals surface area contributed by atoms with Crippen molar-refractivity contribution in [3.63, 3.8) is 0 Å². The zero-order valence-corrected chi connectivity index (χ0v) is 7.94. The molecule has 0 aliphatic heterocycles. The summed E-state index contributed by atoms with van der Waals surface area (Å²) in [4.78, 5) is 0. The number of alkyl halides is 6. The second-order valence-electron chi connectivity index (χ2n) is 3.96. The number of halogens is 6. The Morgan fingerprint density at radius 1 is 1.19 bits per heavy atom. The minimum Gasteiger partial charge on any atom is -0.393 e. The molecule has 3 unspecified atom stereocenters. The molecule has 96 valence electrons. The molecule has 3 atom stereocenters. The van der Waals surface area contributed by atoms with E-state index >= 15 is 0 Å². The van der Waals surface area contributed by atoms with E-state index in [2.05, 4.69) is 0 Å². The Hall–Kier alpha value is -0.500. The van der Waals surface area contributed by atoms with Gasteiger partial charge in [-0.15, -0.1) is 0 Å². The Morgan fingerprint density at radius 2 is 1.69 bits per heavy atom. The fourth-order valence-electron chi connectivity index (χ4n) is 1.74. The summed E-state index contributed by atoms with van der Waals surface area (Å²) in [5.74, 6) is -4.96. The fraction of sp³-hybridized carbons (Fsp3) is 1.00. The van der Waals surface area contributed by atoms with Gasteiger partial charge in [0.15, 0.2) is 0 Å². The van der Waals surface area contributed by atoms with Crippen molar-refractivity contribution in [1.82, 2.24) is 0 Å². The van der Waals surface area contributed by atoms with Gasteiger partial charge in [0.1, 0.15) is 5.60 Å². The summed E-state index contributed by atoms with van der Waals surface area (Å²) in [6.45, 7) is 0. The van der Waals surface area contributed by atoms with Crippen LogP contribution >= 0.6 is 0 Å². The first kappa shape index (κ1) is 13.6. The second kappa shape index (κ2) is 3.76. The molecule has 2 N–H and O–H groups in total. The quantitative estimate of drug-likeness (QED) is 0.736. The molecule has 2 nitrogen and oxygen atoms in total. The molecule has 1 fully saturated rings. The van der Waals surface area contributed by atoms with Crippen molar-refractivity contribution >= 4 is 0 Å². The average Bonchev–Trinajstić information content (AvgIpc) is 2.45. The molecule has 1 saturated carbocycles. The summed E-state index contributed by atoms with van der Waals surface area (Å²) in [5, 5.41) is 18.2. The molecule has 1 aliphatic carbocycles. The third-order valence-corrected chi connectivity index (χ3v) is 2.69. The maximum absolute atomic E-state index is 13.1. The molecule has 0 saturated heterocycles. The van der Waals surface area contributed by atoms with Crippen LogP contribution < -0.4 is 0 Å². The molecular formula is C8H10F6O2. The van der Waals surface area contributed by atoms with E-state index in [0.29, 0.717) is 0 Å². The van der Waals surface area contributed by atoms with Crippen molar-refractivity contribution < 1.29 is 36.6 Å². The van der Waals surface area contributed by atoms with Gasteiger partial charge >= 0.3 is 12.1 Å². The monoisotopic (exact) mass is 252 g/mol. The topological polar surface area (TPSA) is 40.5 Å². The molecule has 0 aromatic heterocycles. The number of hydrogen-bond donors (Lipinski definition) is 2. The van der Waals surface area contributed by atoms with Gasteiger partial charge in [-0.2, -0.15) is 22.0 Å². The van der Waals surface area contributed by atoms with Crippen LogP contribution in [0.15, 0.2) is 0 Å². The molecule has 8 heteroatoms. The highest BCUT2D eigenvalue weighted by molar-refractivity contribution is 5.04. The van der Waals surface area contributed by atoms with Crippen LogP contribution in [0.3, 0.4) is 0 Å². The van der Waals surface area contributed by atoms with Gasteiger partial charge in [-0.3, -0.25) is 0 Å². The summed E-state index contributed by atoms with van der Waals surface area (Å²) < 4.78 is 74.3. The van der Waals surface area contributed by atoms with Crippen molar-refractivity contribution in [2.24, 2.45) is 0 Å². The van der Waals surface area contributed by atoms with Gasteiger partial charge in [0.05, 0.1) is 6.10 Å². The SMILES string of the molecule is OC1CCC(O)(C(F)(F)C(F)C(F)(F)F)C1. The van der Waals surface area contributed by atoms with Crippen LogP contribution in [0, 0.1) is 0 Å². The minimum atomic E-state index is -5.74. The molecule has 0 radical (unpaired) electrons. The Morgan fingerprint density at radius 3 is 2.00 bits per heavy atom. The van der Waals surface area contributed by atoms with Gasteiger partial charge in [-0.1, -0.05) is 0 Å². The average molecular weight is 252 g/mol. The molecular weight excluding hydrogens is 242 g/mol.